The highest BCUT2D eigenvalue weighted by Gasteiger charge is 2.09. The number of carbonyl (C=O) groups excluding carboxylic acids is 1. The summed E-state index contributed by atoms with van der Waals surface area (Å²) in [6.45, 7) is 0. The lowest BCUT2D eigenvalue weighted by Crippen LogP contribution is -1.98. The van der Waals surface area contributed by atoms with Gasteiger partial charge in [0.2, 0.25) is 0 Å². The summed E-state index contributed by atoms with van der Waals surface area (Å²) in [6.07, 6.45) is 2.60. The minimum Gasteiger partial charge on any atom is -0.868 e. The van der Waals surface area contributed by atoms with Crippen molar-refractivity contribution in [2.24, 2.45) is 0 Å². The summed E-state index contributed by atoms with van der Waals surface area (Å²) >= 11 is 11.7. The summed E-state index contributed by atoms with van der Waals surface area (Å²) in [6, 6.07) is 8.04. The van der Waals surface area contributed by atoms with Crippen molar-refractivity contribution >= 4 is 40.7 Å². The van der Waals surface area contributed by atoms with Gasteiger partial charge in [0.1, 0.15) is 0 Å². The van der Waals surface area contributed by atoms with Crippen LogP contribution in [0.5, 0.6) is 5.75 Å². The second-order valence-corrected chi connectivity index (χ2v) is 5.15. The van der Waals surface area contributed by atoms with E-state index in [-0.39, 0.29) is 16.4 Å². The summed E-state index contributed by atoms with van der Waals surface area (Å²) < 4.78 is 0. The Balaban J connectivity index is 2.26. The zero-order chi connectivity index (χ0) is 16.3. The molecule has 0 spiro atoms. The third-order valence-electron chi connectivity index (χ3n) is 2.80. The zero-order valence-corrected chi connectivity index (χ0v) is 12.5. The highest BCUT2D eigenvalue weighted by Crippen LogP contribution is 2.25. The van der Waals surface area contributed by atoms with Gasteiger partial charge in [0.05, 0.1) is 9.95 Å². The van der Waals surface area contributed by atoms with Crippen LogP contribution in [0.2, 0.25) is 10.0 Å². The molecule has 0 amide bonds. The van der Waals surface area contributed by atoms with Crippen molar-refractivity contribution in [3.05, 3.63) is 73.8 Å². The van der Waals surface area contributed by atoms with E-state index in [1.807, 2.05) is 0 Å². The van der Waals surface area contributed by atoms with Crippen LogP contribution < -0.4 is 5.11 Å². The monoisotopic (exact) mass is 336 g/mol. The molecule has 0 saturated heterocycles. The number of hydrogen-bond donors (Lipinski definition) is 0. The number of nitro benzene ring substituents is 1. The molecule has 0 N–H and O–H groups in total. The van der Waals surface area contributed by atoms with E-state index in [1.165, 1.54) is 36.4 Å². The summed E-state index contributed by atoms with van der Waals surface area (Å²) in [7, 11) is 0. The average Bonchev–Trinajstić information content (AvgIpc) is 2.45. The second kappa shape index (κ2) is 6.60. The minimum absolute atomic E-state index is 0.211. The quantitative estimate of drug-likeness (QED) is 0.367. The Morgan fingerprint density at radius 2 is 1.86 bits per heavy atom. The summed E-state index contributed by atoms with van der Waals surface area (Å²) in [4.78, 5) is 22.0. The largest absolute Gasteiger partial charge is 0.868 e. The van der Waals surface area contributed by atoms with Gasteiger partial charge in [0.25, 0.3) is 5.69 Å². The van der Waals surface area contributed by atoms with Gasteiger partial charge in [0, 0.05) is 16.7 Å². The van der Waals surface area contributed by atoms with Crippen molar-refractivity contribution in [3.63, 3.8) is 0 Å². The molecule has 0 radical (unpaired) electrons. The SMILES string of the molecule is O=C(/C=C/c1ccc([O-])c([N+](=O)[O-])c1)c1ccc(Cl)cc1Cl. The lowest BCUT2D eigenvalue weighted by Gasteiger charge is -2.06. The van der Waals surface area contributed by atoms with Crippen molar-refractivity contribution < 1.29 is 14.8 Å². The molecular formula is C15H8Cl2NO4-. The normalized spacial score (nSPS) is 10.8. The van der Waals surface area contributed by atoms with Crippen molar-refractivity contribution in [1.29, 1.82) is 0 Å². The maximum absolute atomic E-state index is 12.0. The Kier molecular flexibility index (Phi) is 4.80. The number of rotatable bonds is 4. The van der Waals surface area contributed by atoms with Crippen LogP contribution in [0.3, 0.4) is 0 Å². The van der Waals surface area contributed by atoms with Crippen molar-refractivity contribution in [2.45, 2.75) is 0 Å². The molecule has 2 aromatic rings. The highest BCUT2D eigenvalue weighted by atomic mass is 35.5. The molecule has 0 bridgehead atoms. The molecule has 0 saturated carbocycles. The number of hydrogen-bond acceptors (Lipinski definition) is 4. The van der Waals surface area contributed by atoms with E-state index in [2.05, 4.69) is 0 Å². The number of halogens is 2. The Hall–Kier alpha value is -2.37. The fourth-order valence-electron chi connectivity index (χ4n) is 1.73. The Bertz CT molecular complexity index is 787. The first-order valence-electron chi connectivity index (χ1n) is 6.01. The van der Waals surface area contributed by atoms with Gasteiger partial charge in [0.15, 0.2) is 5.78 Å². The zero-order valence-electron chi connectivity index (χ0n) is 11.0. The van der Waals surface area contributed by atoms with Crippen molar-refractivity contribution in [1.82, 2.24) is 0 Å². The maximum atomic E-state index is 12.0. The van der Waals surface area contributed by atoms with E-state index in [1.54, 1.807) is 0 Å². The highest BCUT2D eigenvalue weighted by molar-refractivity contribution is 6.37. The number of benzene rings is 2. The molecule has 0 fully saturated rings. The van der Waals surface area contributed by atoms with Gasteiger partial charge in [-0.25, -0.2) is 0 Å². The second-order valence-electron chi connectivity index (χ2n) is 4.31. The van der Waals surface area contributed by atoms with Crippen LogP contribution in [0, 0.1) is 10.1 Å². The molecule has 2 rings (SSSR count). The lowest BCUT2D eigenvalue weighted by molar-refractivity contribution is -0.398. The summed E-state index contributed by atoms with van der Waals surface area (Å²) in [5.41, 5.74) is 0.0844. The molecule has 0 atom stereocenters. The van der Waals surface area contributed by atoms with E-state index in [0.29, 0.717) is 10.6 Å². The first-order valence-corrected chi connectivity index (χ1v) is 6.77. The van der Waals surface area contributed by atoms with E-state index in [4.69, 9.17) is 23.2 Å². The van der Waals surface area contributed by atoms with Gasteiger partial charge in [-0.15, -0.1) is 0 Å². The van der Waals surface area contributed by atoms with Crippen LogP contribution in [0.1, 0.15) is 15.9 Å². The topological polar surface area (TPSA) is 83.3 Å². The van der Waals surface area contributed by atoms with Gasteiger partial charge in [-0.2, -0.15) is 0 Å². The molecular weight excluding hydrogens is 329 g/mol. The summed E-state index contributed by atoms with van der Waals surface area (Å²) in [5, 5.41) is 22.6. The fourth-order valence-corrected chi connectivity index (χ4v) is 2.23. The van der Waals surface area contributed by atoms with E-state index < -0.39 is 16.4 Å². The minimum atomic E-state index is -0.766. The molecule has 5 nitrogen and oxygen atoms in total. The van der Waals surface area contributed by atoms with Crippen LogP contribution in [0.4, 0.5) is 5.69 Å². The van der Waals surface area contributed by atoms with Crippen LogP contribution >= 0.6 is 23.2 Å². The van der Waals surface area contributed by atoms with E-state index >= 15 is 0 Å². The molecule has 112 valence electrons. The molecule has 0 unspecified atom stereocenters. The van der Waals surface area contributed by atoms with Gasteiger partial charge in [-0.05, 0) is 35.6 Å². The van der Waals surface area contributed by atoms with Gasteiger partial charge in [-0.1, -0.05) is 41.4 Å². The van der Waals surface area contributed by atoms with E-state index in [9.17, 15) is 20.0 Å². The average molecular weight is 337 g/mol. The molecule has 2 aromatic carbocycles. The third kappa shape index (κ3) is 3.63. The van der Waals surface area contributed by atoms with Crippen molar-refractivity contribution in [2.75, 3.05) is 0 Å². The number of nitro groups is 1. The smallest absolute Gasteiger partial charge is 0.262 e. The standard InChI is InChI=1S/C15H9Cl2NO4/c16-10-3-4-11(12(17)8-10)14(19)5-1-9-2-6-15(20)13(7-9)18(21)22/h1-8,20H/p-1/b5-1+. The van der Waals surface area contributed by atoms with Crippen LogP contribution in [-0.4, -0.2) is 10.7 Å². The number of allylic oxidation sites excluding steroid dienone is 1. The van der Waals surface area contributed by atoms with Gasteiger partial charge < -0.3 is 5.11 Å². The Morgan fingerprint density at radius 1 is 1.14 bits per heavy atom. The maximum Gasteiger partial charge on any atom is 0.262 e. The van der Waals surface area contributed by atoms with E-state index in [0.717, 1.165) is 12.1 Å². The predicted octanol–water partition coefficient (Wildman–Crippen LogP) is 3.87. The number of ketones is 1. The Labute approximate surface area is 135 Å². The van der Waals surface area contributed by atoms with Crippen LogP contribution in [0.15, 0.2) is 42.5 Å². The fraction of sp³-hybridized carbons (Fsp3) is 0. The van der Waals surface area contributed by atoms with Crippen LogP contribution in [0.25, 0.3) is 6.08 Å². The molecule has 0 aliphatic carbocycles. The predicted molar refractivity (Wildman–Crippen MR) is 82.4 cm³/mol. The number of nitrogens with zero attached hydrogens (tertiary/aromatic N) is 1. The molecule has 0 aromatic heterocycles. The van der Waals surface area contributed by atoms with Gasteiger partial charge >= 0.3 is 0 Å². The molecule has 0 aliphatic rings. The Morgan fingerprint density at radius 3 is 2.50 bits per heavy atom. The lowest BCUT2D eigenvalue weighted by atomic mass is 10.1. The first-order chi connectivity index (χ1) is 10.4. The molecule has 7 heteroatoms. The van der Waals surface area contributed by atoms with Gasteiger partial charge in [-0.3, -0.25) is 14.9 Å². The molecule has 0 heterocycles. The molecule has 0 aliphatic heterocycles. The summed E-state index contributed by atoms with van der Waals surface area (Å²) in [5.74, 6) is -1.07. The third-order valence-corrected chi connectivity index (χ3v) is 3.35. The number of carbonyl (C=O) groups is 1. The first kappa shape index (κ1) is 16.0. The van der Waals surface area contributed by atoms with Crippen molar-refractivity contribution in [3.8, 4) is 5.75 Å². The van der Waals surface area contributed by atoms with Crippen LogP contribution in [-0.2, 0) is 0 Å². The molecule has 22 heavy (non-hydrogen) atoms.